The fourth-order valence-corrected chi connectivity index (χ4v) is 1.91. The lowest BCUT2D eigenvalue weighted by molar-refractivity contribution is -0.384. The Kier molecular flexibility index (Phi) is 5.40. The second-order valence-electron chi connectivity index (χ2n) is 4.45. The van der Waals surface area contributed by atoms with Crippen LogP contribution in [-0.4, -0.2) is 28.7 Å². The zero-order chi connectivity index (χ0) is 16.7. The molecule has 118 valence electrons. The van der Waals surface area contributed by atoms with Gasteiger partial charge in [0.1, 0.15) is 17.1 Å². The van der Waals surface area contributed by atoms with Gasteiger partial charge in [0.15, 0.2) is 0 Å². The molecule has 2 rings (SSSR count). The van der Waals surface area contributed by atoms with Gasteiger partial charge >= 0.3 is 0 Å². The van der Waals surface area contributed by atoms with Crippen LogP contribution < -0.4 is 4.74 Å². The minimum atomic E-state index is -0.515. The van der Waals surface area contributed by atoms with Crippen molar-refractivity contribution >= 4 is 23.3 Å². The molecular weight excluding hydrogens is 298 g/mol. The lowest BCUT2D eigenvalue weighted by Crippen LogP contribution is -2.03. The largest absolute Gasteiger partial charge is 0.494 e. The summed E-state index contributed by atoms with van der Waals surface area (Å²) in [5.41, 5.74) is 0.863. The minimum Gasteiger partial charge on any atom is -0.494 e. The summed E-state index contributed by atoms with van der Waals surface area (Å²) in [7, 11) is 0. The Bertz CT molecular complexity index is 739. The molecule has 0 aliphatic heterocycles. The predicted octanol–water partition coefficient (Wildman–Crippen LogP) is 3.57. The van der Waals surface area contributed by atoms with Gasteiger partial charge in [0.2, 0.25) is 0 Å². The highest BCUT2D eigenvalue weighted by molar-refractivity contribution is 6.38. The molecule has 1 N–H and O–H groups in total. The van der Waals surface area contributed by atoms with E-state index in [1.54, 1.807) is 36.4 Å². The van der Waals surface area contributed by atoms with Crippen molar-refractivity contribution < 1.29 is 14.9 Å². The first kappa shape index (κ1) is 16.2. The monoisotopic (exact) mass is 313 g/mol. The number of para-hydroxylation sites is 2. The second kappa shape index (κ2) is 7.69. The van der Waals surface area contributed by atoms with Crippen molar-refractivity contribution in [2.45, 2.75) is 6.92 Å². The van der Waals surface area contributed by atoms with Crippen molar-refractivity contribution in [1.82, 2.24) is 0 Å². The lowest BCUT2D eigenvalue weighted by Gasteiger charge is -2.04. The van der Waals surface area contributed by atoms with E-state index in [9.17, 15) is 10.1 Å². The van der Waals surface area contributed by atoms with Crippen LogP contribution in [0.4, 0.5) is 11.4 Å². The van der Waals surface area contributed by atoms with Crippen LogP contribution in [0, 0.1) is 10.1 Å². The lowest BCUT2D eigenvalue weighted by atomic mass is 10.1. The van der Waals surface area contributed by atoms with E-state index in [1.807, 2.05) is 6.92 Å². The van der Waals surface area contributed by atoms with Gasteiger partial charge in [0, 0.05) is 11.6 Å². The third-order valence-electron chi connectivity index (χ3n) is 2.97. The van der Waals surface area contributed by atoms with Gasteiger partial charge in [-0.05, 0) is 37.3 Å². The molecule has 0 unspecified atom stereocenters. The van der Waals surface area contributed by atoms with Crippen molar-refractivity contribution in [3.8, 4) is 5.75 Å². The van der Waals surface area contributed by atoms with Crippen LogP contribution in [0.25, 0.3) is 0 Å². The van der Waals surface area contributed by atoms with Crippen LogP contribution in [0.3, 0.4) is 0 Å². The molecule has 0 aliphatic carbocycles. The summed E-state index contributed by atoms with van der Waals surface area (Å²) in [6.07, 6.45) is 1.28. The number of rotatable bonds is 6. The third kappa shape index (κ3) is 4.13. The third-order valence-corrected chi connectivity index (χ3v) is 2.97. The highest BCUT2D eigenvalue weighted by Crippen LogP contribution is 2.26. The van der Waals surface area contributed by atoms with Gasteiger partial charge in [-0.15, -0.1) is 0 Å². The zero-order valence-electron chi connectivity index (χ0n) is 12.4. The fourth-order valence-electron chi connectivity index (χ4n) is 1.91. The van der Waals surface area contributed by atoms with E-state index in [2.05, 4.69) is 10.1 Å². The Labute approximate surface area is 132 Å². The van der Waals surface area contributed by atoms with E-state index in [0.29, 0.717) is 17.9 Å². The first-order valence-corrected chi connectivity index (χ1v) is 6.88. The molecular formula is C16H15N3O4. The summed E-state index contributed by atoms with van der Waals surface area (Å²) in [6, 6.07) is 13.0. The average molecular weight is 313 g/mol. The Balaban J connectivity index is 2.24. The summed E-state index contributed by atoms with van der Waals surface area (Å²) in [6.45, 7) is 2.44. The molecule has 0 saturated heterocycles. The van der Waals surface area contributed by atoms with Crippen LogP contribution in [0.2, 0.25) is 0 Å². The Morgan fingerprint density at radius 1 is 1.26 bits per heavy atom. The van der Waals surface area contributed by atoms with Crippen LogP contribution in [0.15, 0.2) is 58.7 Å². The van der Waals surface area contributed by atoms with Crippen molar-refractivity contribution in [2.75, 3.05) is 6.61 Å². The van der Waals surface area contributed by atoms with Crippen molar-refractivity contribution in [3.05, 3.63) is 64.2 Å². The number of benzene rings is 2. The van der Waals surface area contributed by atoms with Crippen LogP contribution in [0.5, 0.6) is 5.75 Å². The van der Waals surface area contributed by atoms with Crippen LogP contribution >= 0.6 is 0 Å². The first-order chi connectivity index (χ1) is 11.2. The SMILES string of the molecule is CCOc1ccc(/C(C=Nc2ccccc2[N+](=O)[O-])=N\O)cc1. The number of nitro benzene ring substituents is 1. The molecule has 0 spiro atoms. The van der Waals surface area contributed by atoms with Gasteiger partial charge in [0.05, 0.1) is 17.7 Å². The molecule has 7 heteroatoms. The summed E-state index contributed by atoms with van der Waals surface area (Å²) >= 11 is 0. The summed E-state index contributed by atoms with van der Waals surface area (Å²) in [4.78, 5) is 14.5. The van der Waals surface area contributed by atoms with E-state index >= 15 is 0 Å². The maximum Gasteiger partial charge on any atom is 0.294 e. The van der Waals surface area contributed by atoms with Gasteiger partial charge in [-0.2, -0.15) is 0 Å². The molecule has 0 aliphatic rings. The fraction of sp³-hybridized carbons (Fsp3) is 0.125. The molecule has 2 aromatic carbocycles. The summed E-state index contributed by atoms with van der Waals surface area (Å²) in [5.74, 6) is 0.698. The van der Waals surface area contributed by atoms with E-state index in [1.165, 1.54) is 18.3 Å². The predicted molar refractivity (Wildman–Crippen MR) is 87.2 cm³/mol. The molecule has 0 radical (unpaired) electrons. The maximum atomic E-state index is 10.9. The topological polar surface area (TPSA) is 97.3 Å². The number of hydrogen-bond donors (Lipinski definition) is 1. The number of nitro groups is 1. The van der Waals surface area contributed by atoms with E-state index in [0.717, 1.165) is 0 Å². The van der Waals surface area contributed by atoms with Crippen molar-refractivity contribution in [1.29, 1.82) is 0 Å². The van der Waals surface area contributed by atoms with Crippen LogP contribution in [-0.2, 0) is 0 Å². The average Bonchev–Trinajstić information content (AvgIpc) is 2.57. The standard InChI is InChI=1S/C16H15N3O4/c1-2-23-13-9-7-12(8-10-13)15(18-20)11-17-14-5-3-4-6-16(14)19(21)22/h3-11,20H,2H2,1H3/b17-11?,18-15-. The molecule has 0 saturated carbocycles. The Morgan fingerprint density at radius 2 is 1.96 bits per heavy atom. The van der Waals surface area contributed by atoms with Gasteiger partial charge in [0.25, 0.3) is 5.69 Å². The normalized spacial score (nSPS) is 11.6. The highest BCUT2D eigenvalue weighted by Gasteiger charge is 2.11. The highest BCUT2D eigenvalue weighted by atomic mass is 16.6. The van der Waals surface area contributed by atoms with E-state index in [4.69, 9.17) is 9.94 Å². The van der Waals surface area contributed by atoms with Crippen molar-refractivity contribution in [2.24, 2.45) is 10.1 Å². The van der Waals surface area contributed by atoms with Crippen molar-refractivity contribution in [3.63, 3.8) is 0 Å². The molecule has 0 amide bonds. The molecule has 0 bridgehead atoms. The zero-order valence-corrected chi connectivity index (χ0v) is 12.4. The quantitative estimate of drug-likeness (QED) is 0.381. The van der Waals surface area contributed by atoms with Gasteiger partial charge in [-0.1, -0.05) is 17.3 Å². The number of hydrogen-bond acceptors (Lipinski definition) is 6. The van der Waals surface area contributed by atoms with Gasteiger partial charge in [-0.25, -0.2) is 4.99 Å². The van der Waals surface area contributed by atoms with Gasteiger partial charge in [-0.3, -0.25) is 10.1 Å². The molecule has 2 aromatic rings. The summed E-state index contributed by atoms with van der Waals surface area (Å²) < 4.78 is 5.33. The molecule has 7 nitrogen and oxygen atoms in total. The molecule has 0 aromatic heterocycles. The van der Waals surface area contributed by atoms with Crippen LogP contribution in [0.1, 0.15) is 12.5 Å². The van der Waals surface area contributed by atoms with E-state index < -0.39 is 4.92 Å². The number of aliphatic imine (C=N–C) groups is 1. The Hall–Kier alpha value is -3.22. The first-order valence-electron chi connectivity index (χ1n) is 6.88. The molecule has 0 heterocycles. The Morgan fingerprint density at radius 3 is 2.57 bits per heavy atom. The smallest absolute Gasteiger partial charge is 0.294 e. The summed E-state index contributed by atoms with van der Waals surface area (Å²) in [5, 5.41) is 23.3. The molecule has 23 heavy (non-hydrogen) atoms. The molecule has 0 atom stereocenters. The minimum absolute atomic E-state index is 0.118. The number of ether oxygens (including phenoxy) is 1. The number of oxime groups is 1. The van der Waals surface area contributed by atoms with E-state index in [-0.39, 0.29) is 17.1 Å². The van der Waals surface area contributed by atoms with Gasteiger partial charge < -0.3 is 9.94 Å². The maximum absolute atomic E-state index is 10.9. The number of nitrogens with zero attached hydrogens (tertiary/aromatic N) is 3. The second-order valence-corrected chi connectivity index (χ2v) is 4.45. The molecule has 0 fully saturated rings.